The first-order chi connectivity index (χ1) is 34.5. The van der Waals surface area contributed by atoms with Crippen molar-refractivity contribution in [1.29, 1.82) is 0 Å². The third-order valence-electron chi connectivity index (χ3n) is 12.5. The quantitative estimate of drug-likeness (QED) is 0.0523. The molecule has 72 heavy (non-hydrogen) atoms. The number of amides is 3. The molecule has 0 unspecified atom stereocenters. The first kappa shape index (κ1) is 55.7. The molecule has 0 radical (unpaired) electrons. The van der Waals surface area contributed by atoms with E-state index < -0.39 is 53.9 Å². The van der Waals surface area contributed by atoms with Gasteiger partial charge in [0.2, 0.25) is 23.2 Å². The number of nitrogens with zero attached hydrogens (tertiary/aromatic N) is 1. The highest BCUT2D eigenvalue weighted by atomic mass is 16.6. The molecule has 2 aliphatic rings. The average molecular weight is 998 g/mol. The number of Topliss-reactive ketones (excluding diaryl/α,β-unsaturated/α-hetero) is 1. The van der Waals surface area contributed by atoms with E-state index in [9.17, 15) is 29.1 Å². The molecule has 0 spiro atoms. The molecule has 1 aliphatic carbocycles. The maximum absolute atomic E-state index is 14.2. The van der Waals surface area contributed by atoms with Gasteiger partial charge in [-0.3, -0.25) is 19.2 Å². The van der Waals surface area contributed by atoms with E-state index in [4.69, 9.17) is 43.4 Å². The summed E-state index contributed by atoms with van der Waals surface area (Å²) in [5.41, 5.74) is 8.72. The van der Waals surface area contributed by atoms with Gasteiger partial charge in [-0.2, -0.15) is 0 Å². The largest absolute Gasteiger partial charge is 0.495 e. The lowest BCUT2D eigenvalue weighted by atomic mass is 9.85. The molecule has 0 saturated heterocycles. The molecule has 19 heteroatoms. The van der Waals surface area contributed by atoms with Crippen LogP contribution in [0.5, 0.6) is 23.0 Å². The predicted octanol–water partition coefficient (Wildman–Crippen LogP) is 6.91. The number of primary amides is 1. The van der Waals surface area contributed by atoms with Crippen LogP contribution >= 0.6 is 0 Å². The van der Waals surface area contributed by atoms with Gasteiger partial charge in [0.15, 0.2) is 23.4 Å². The van der Waals surface area contributed by atoms with Gasteiger partial charge < -0.3 is 64.5 Å². The summed E-state index contributed by atoms with van der Waals surface area (Å²) >= 11 is 0. The molecule has 1 aliphatic heterocycles. The van der Waals surface area contributed by atoms with Crippen molar-refractivity contribution in [2.45, 2.75) is 90.6 Å². The number of unbranched alkanes of at least 4 members (excludes halogenated alkanes) is 2. The van der Waals surface area contributed by atoms with Gasteiger partial charge >= 0.3 is 6.09 Å². The van der Waals surface area contributed by atoms with Crippen molar-refractivity contribution in [1.82, 2.24) is 15.8 Å². The van der Waals surface area contributed by atoms with Gasteiger partial charge in [0.05, 0.1) is 63.9 Å². The maximum Gasteiger partial charge on any atom is 0.405 e. The Morgan fingerprint density at radius 1 is 0.903 bits per heavy atom. The van der Waals surface area contributed by atoms with Crippen LogP contribution in [-0.2, 0) is 33.4 Å². The molecule has 0 saturated carbocycles. The van der Waals surface area contributed by atoms with Gasteiger partial charge in [-0.05, 0) is 80.9 Å². The first-order valence-electron chi connectivity index (χ1n) is 23.5. The predicted molar refractivity (Wildman–Crippen MR) is 268 cm³/mol. The van der Waals surface area contributed by atoms with Crippen molar-refractivity contribution in [3.8, 4) is 45.4 Å². The van der Waals surface area contributed by atoms with Crippen LogP contribution in [0.15, 0.2) is 99.5 Å². The van der Waals surface area contributed by atoms with E-state index in [-0.39, 0.29) is 47.2 Å². The summed E-state index contributed by atoms with van der Waals surface area (Å²) in [5.74, 6) is -0.481. The van der Waals surface area contributed by atoms with E-state index in [1.807, 2.05) is 13.0 Å². The molecule has 388 valence electrons. The molecule has 3 aromatic rings. The lowest BCUT2D eigenvalue weighted by molar-refractivity contribution is -0.120. The highest BCUT2D eigenvalue weighted by molar-refractivity contribution is 6.23. The summed E-state index contributed by atoms with van der Waals surface area (Å²) in [6.45, 7) is 7.25. The number of nitrogens with two attached hydrogens (primary N) is 1. The molecule has 2 bridgehead atoms. The average Bonchev–Trinajstić information content (AvgIpc) is 3.86. The van der Waals surface area contributed by atoms with Crippen molar-refractivity contribution in [3.63, 3.8) is 0 Å². The smallest absolute Gasteiger partial charge is 0.405 e. The van der Waals surface area contributed by atoms with Gasteiger partial charge in [-0.1, -0.05) is 55.8 Å². The van der Waals surface area contributed by atoms with Crippen LogP contribution in [0.1, 0.15) is 66.2 Å². The van der Waals surface area contributed by atoms with Crippen molar-refractivity contribution in [2.75, 3.05) is 54.5 Å². The molecule has 6 atom stereocenters. The number of anilines is 1. The van der Waals surface area contributed by atoms with E-state index in [1.165, 1.54) is 55.7 Å². The second kappa shape index (κ2) is 26.3. The topological polar surface area (TPSA) is 258 Å². The van der Waals surface area contributed by atoms with Crippen LogP contribution < -0.4 is 40.6 Å². The Kier molecular flexibility index (Phi) is 20.3. The van der Waals surface area contributed by atoms with E-state index in [2.05, 4.69) is 21.1 Å². The number of aliphatic hydroxyl groups excluding tert-OH is 1. The monoisotopic (exact) mass is 997 g/mol. The molecule has 2 aromatic carbocycles. The summed E-state index contributed by atoms with van der Waals surface area (Å²) in [6.07, 6.45) is 6.77. The highest BCUT2D eigenvalue weighted by Gasteiger charge is 2.34. The van der Waals surface area contributed by atoms with Crippen LogP contribution in [0, 0.1) is 11.8 Å². The molecule has 5 rings (SSSR count). The van der Waals surface area contributed by atoms with E-state index in [0.29, 0.717) is 88.9 Å². The fourth-order valence-corrected chi connectivity index (χ4v) is 8.63. The zero-order valence-corrected chi connectivity index (χ0v) is 42.5. The number of carbonyl (C=O) groups is 5. The summed E-state index contributed by atoms with van der Waals surface area (Å²) < 4.78 is 44.6. The van der Waals surface area contributed by atoms with Gasteiger partial charge in [0.1, 0.15) is 11.9 Å². The van der Waals surface area contributed by atoms with Gasteiger partial charge in [-0.15, -0.1) is 0 Å². The normalized spacial score (nSPS) is 21.2. The number of ether oxygens (including phenoxy) is 7. The number of carbonyl (C=O) groups excluding carboxylic acids is 5. The molecule has 19 nitrogen and oxygen atoms in total. The highest BCUT2D eigenvalue weighted by Crippen LogP contribution is 2.44. The van der Waals surface area contributed by atoms with Crippen LogP contribution in [0.25, 0.3) is 22.5 Å². The Labute approximate surface area is 419 Å². The number of fused-ring (bicyclic) bond motifs is 2. The van der Waals surface area contributed by atoms with Gasteiger partial charge in [-0.25, -0.2) is 4.79 Å². The first-order valence-corrected chi connectivity index (χ1v) is 23.5. The SMILES string of the molecule is COc1ccc(-c2cnoc2-c2cc(OC)c(OC)c(OC)c2)cc1NC(=O)CCCCCNC1=C2C[C@@H](C)C[C@H](OC)[C@@H](O)[C@@H](C)C=C(C)[C@H](OC(N)=O)[C@@H](OC)C=CC=C(C)C(=O)NC(=CC1=O)C2=O. The Hall–Kier alpha value is -7.22. The third-order valence-corrected chi connectivity index (χ3v) is 12.5. The Bertz CT molecular complexity index is 2590. The fraction of sp³-hybridized carbons (Fsp3) is 0.434. The van der Waals surface area contributed by atoms with Crippen molar-refractivity contribution < 1.29 is 66.8 Å². The van der Waals surface area contributed by atoms with E-state index in [1.54, 1.807) is 62.5 Å². The molecule has 6 N–H and O–H groups in total. The third kappa shape index (κ3) is 14.0. The molecule has 1 aromatic heterocycles. The zero-order valence-electron chi connectivity index (χ0n) is 42.5. The van der Waals surface area contributed by atoms with Crippen molar-refractivity contribution >= 4 is 35.2 Å². The summed E-state index contributed by atoms with van der Waals surface area (Å²) in [5, 5.41) is 24.3. The zero-order chi connectivity index (χ0) is 52.6. The number of hydrogen-bond donors (Lipinski definition) is 5. The Morgan fingerprint density at radius 2 is 1.61 bits per heavy atom. The molecule has 3 amide bonds. The summed E-state index contributed by atoms with van der Waals surface area (Å²) in [4.78, 5) is 66.6. The number of nitrogens with one attached hydrogen (secondary N) is 3. The minimum absolute atomic E-state index is 0.115. The minimum Gasteiger partial charge on any atom is -0.495 e. The summed E-state index contributed by atoms with van der Waals surface area (Å²) in [7, 11) is 8.98. The number of hydrogen-bond acceptors (Lipinski definition) is 16. The van der Waals surface area contributed by atoms with Crippen molar-refractivity contribution in [2.24, 2.45) is 17.6 Å². The molecule has 0 fully saturated rings. The lowest BCUT2D eigenvalue weighted by Gasteiger charge is -2.30. The van der Waals surface area contributed by atoms with Gasteiger partial charge in [0, 0.05) is 61.5 Å². The number of allylic oxidation sites excluding steroid dienone is 4. The van der Waals surface area contributed by atoms with Crippen LogP contribution in [0.2, 0.25) is 0 Å². The van der Waals surface area contributed by atoms with Crippen LogP contribution in [0.3, 0.4) is 0 Å². The maximum atomic E-state index is 14.2. The number of methoxy groups -OCH3 is 6. The standard InChI is InChI=1S/C53H67N5O14/c1-29-21-35-46(39(59)27-38(48(35)62)58-52(63)30(2)15-14-16-41(66-6)49(71-53(54)64)32(4)23-31(3)47(61)42(22-29)67-7)55-20-13-11-12-17-45(60)57-37-24-33(18-19-40(37)65-5)36-28-56-72-50(36)34-25-43(68-8)51(70-10)44(26-34)69-9/h14-16,18-19,23-29,31,41-42,47,49,55,61H,11-13,17,20-22H2,1-10H3,(H2,54,64)(H,57,60)(H,58,63)/t29-,31+,41+,42+,47+,49+/m1/s1. The van der Waals surface area contributed by atoms with Crippen molar-refractivity contribution in [3.05, 3.63) is 95.0 Å². The molecular weight excluding hydrogens is 931 g/mol. The second-order valence-corrected chi connectivity index (χ2v) is 17.6. The lowest BCUT2D eigenvalue weighted by Crippen LogP contribution is -2.38. The number of ketones is 2. The van der Waals surface area contributed by atoms with Crippen LogP contribution in [0.4, 0.5) is 10.5 Å². The second-order valence-electron chi connectivity index (χ2n) is 17.6. The number of aliphatic hydroxyl groups is 1. The minimum atomic E-state index is -1.03. The molecule has 2 heterocycles. The van der Waals surface area contributed by atoms with E-state index >= 15 is 0 Å². The number of aromatic nitrogens is 1. The number of benzene rings is 2. The van der Waals surface area contributed by atoms with Gasteiger partial charge in [0.25, 0.3) is 5.91 Å². The van der Waals surface area contributed by atoms with Crippen LogP contribution in [-0.4, -0.2) is 113 Å². The number of rotatable bonds is 17. The fourth-order valence-electron chi connectivity index (χ4n) is 8.63. The Morgan fingerprint density at radius 3 is 2.25 bits per heavy atom. The van der Waals surface area contributed by atoms with E-state index in [0.717, 1.165) is 6.08 Å². The summed E-state index contributed by atoms with van der Waals surface area (Å²) in [6, 6.07) is 8.85. The Balaban J connectivity index is 1.28. The molecular formula is C53H67N5O14.